The van der Waals surface area contributed by atoms with Crippen molar-refractivity contribution < 1.29 is 4.74 Å². The van der Waals surface area contributed by atoms with Crippen molar-refractivity contribution in [2.75, 3.05) is 12.8 Å². The number of aromatic nitrogens is 3. The molecule has 1 rings (SSSR count). The van der Waals surface area contributed by atoms with Gasteiger partial charge in [-0.3, -0.25) is 0 Å². The second-order valence-electron chi connectivity index (χ2n) is 3.73. The summed E-state index contributed by atoms with van der Waals surface area (Å²) in [5, 5.41) is 0. The Labute approximate surface area is 96.5 Å². The summed E-state index contributed by atoms with van der Waals surface area (Å²) in [6.45, 7) is 4.18. The van der Waals surface area contributed by atoms with Crippen LogP contribution in [0.2, 0.25) is 0 Å². The molecule has 5 nitrogen and oxygen atoms in total. The van der Waals surface area contributed by atoms with E-state index >= 15 is 0 Å². The largest absolute Gasteiger partial charge is 0.373 e. The maximum Gasteiger partial charge on any atom is 0.223 e. The first-order valence-corrected chi connectivity index (χ1v) is 5.74. The molecular formula is C11H20N4O. The summed E-state index contributed by atoms with van der Waals surface area (Å²) >= 11 is 0. The fourth-order valence-corrected chi connectivity index (χ4v) is 1.55. The van der Waals surface area contributed by atoms with Gasteiger partial charge in [-0.2, -0.15) is 9.97 Å². The molecule has 0 aliphatic rings. The summed E-state index contributed by atoms with van der Waals surface area (Å²) in [5.74, 6) is 1.69. The summed E-state index contributed by atoms with van der Waals surface area (Å²) in [7, 11) is 1.67. The Morgan fingerprint density at radius 3 is 2.50 bits per heavy atom. The molecule has 0 aromatic carbocycles. The van der Waals surface area contributed by atoms with Crippen LogP contribution in [0.1, 0.15) is 50.9 Å². The molecule has 0 bridgehead atoms. The van der Waals surface area contributed by atoms with Gasteiger partial charge in [0.25, 0.3) is 0 Å². The third-order valence-corrected chi connectivity index (χ3v) is 2.31. The standard InChI is InChI=1S/C11H20N4O/c1-4-6-8(16-3)10-13-9(7-5-2)14-11(12)15-10/h8H,4-7H2,1-3H3,(H2,12,13,14,15). The van der Waals surface area contributed by atoms with Gasteiger partial charge in [-0.15, -0.1) is 0 Å². The molecule has 0 aliphatic carbocycles. The van der Waals surface area contributed by atoms with Gasteiger partial charge in [0.2, 0.25) is 5.95 Å². The fraction of sp³-hybridized carbons (Fsp3) is 0.727. The van der Waals surface area contributed by atoms with E-state index in [1.165, 1.54) is 0 Å². The molecular weight excluding hydrogens is 204 g/mol. The zero-order valence-corrected chi connectivity index (χ0v) is 10.2. The van der Waals surface area contributed by atoms with Crippen LogP contribution >= 0.6 is 0 Å². The van der Waals surface area contributed by atoms with Crippen LogP contribution in [0.25, 0.3) is 0 Å². The monoisotopic (exact) mass is 224 g/mol. The highest BCUT2D eigenvalue weighted by Gasteiger charge is 2.14. The quantitative estimate of drug-likeness (QED) is 0.798. The summed E-state index contributed by atoms with van der Waals surface area (Å²) in [5.41, 5.74) is 5.66. The minimum atomic E-state index is -0.0779. The van der Waals surface area contributed by atoms with Crippen LogP contribution in [-0.2, 0) is 11.2 Å². The molecule has 0 amide bonds. The van der Waals surface area contributed by atoms with Crippen LogP contribution in [0.3, 0.4) is 0 Å². The Morgan fingerprint density at radius 1 is 1.19 bits per heavy atom. The van der Waals surface area contributed by atoms with E-state index in [9.17, 15) is 0 Å². The first-order valence-electron chi connectivity index (χ1n) is 5.74. The Hall–Kier alpha value is -1.23. The molecule has 5 heteroatoms. The second kappa shape index (κ2) is 6.37. The van der Waals surface area contributed by atoms with E-state index in [1.54, 1.807) is 7.11 Å². The van der Waals surface area contributed by atoms with Crippen LogP contribution in [0.4, 0.5) is 5.95 Å². The third-order valence-electron chi connectivity index (χ3n) is 2.31. The number of nitrogens with two attached hydrogens (primary N) is 1. The molecule has 0 radical (unpaired) electrons. The predicted octanol–water partition coefficient (Wildman–Crippen LogP) is 1.89. The van der Waals surface area contributed by atoms with Gasteiger partial charge in [-0.1, -0.05) is 20.3 Å². The van der Waals surface area contributed by atoms with E-state index < -0.39 is 0 Å². The predicted molar refractivity (Wildman–Crippen MR) is 62.9 cm³/mol. The molecule has 1 heterocycles. The topological polar surface area (TPSA) is 73.9 Å². The van der Waals surface area contributed by atoms with Gasteiger partial charge >= 0.3 is 0 Å². The highest BCUT2D eigenvalue weighted by molar-refractivity contribution is 5.16. The Kier molecular flexibility index (Phi) is 5.11. The normalized spacial score (nSPS) is 12.7. The van der Waals surface area contributed by atoms with E-state index in [1.807, 2.05) is 0 Å². The lowest BCUT2D eigenvalue weighted by molar-refractivity contribution is 0.0873. The average Bonchev–Trinajstić information content (AvgIpc) is 2.25. The van der Waals surface area contributed by atoms with Crippen molar-refractivity contribution in [3.8, 4) is 0 Å². The minimum absolute atomic E-state index is 0.0779. The number of nitrogens with zero attached hydrogens (tertiary/aromatic N) is 3. The summed E-state index contributed by atoms with van der Waals surface area (Å²) in [6.07, 6.45) is 3.65. The molecule has 0 spiro atoms. The number of nitrogen functional groups attached to an aromatic ring is 1. The van der Waals surface area contributed by atoms with E-state index in [2.05, 4.69) is 28.8 Å². The molecule has 0 saturated carbocycles. The fourth-order valence-electron chi connectivity index (χ4n) is 1.55. The number of anilines is 1. The van der Waals surface area contributed by atoms with Crippen molar-refractivity contribution in [2.45, 2.75) is 45.6 Å². The van der Waals surface area contributed by atoms with Gasteiger partial charge < -0.3 is 10.5 Å². The smallest absolute Gasteiger partial charge is 0.223 e. The second-order valence-corrected chi connectivity index (χ2v) is 3.73. The Balaban J connectivity index is 2.92. The highest BCUT2D eigenvalue weighted by atomic mass is 16.5. The maximum atomic E-state index is 5.66. The molecule has 1 aromatic heterocycles. The minimum Gasteiger partial charge on any atom is -0.373 e. The van der Waals surface area contributed by atoms with Crippen molar-refractivity contribution in [1.82, 2.24) is 15.0 Å². The van der Waals surface area contributed by atoms with E-state index in [4.69, 9.17) is 10.5 Å². The van der Waals surface area contributed by atoms with Crippen LogP contribution in [0.15, 0.2) is 0 Å². The van der Waals surface area contributed by atoms with E-state index in [0.717, 1.165) is 31.5 Å². The maximum absolute atomic E-state index is 5.66. The molecule has 1 unspecified atom stereocenters. The highest BCUT2D eigenvalue weighted by Crippen LogP contribution is 2.18. The van der Waals surface area contributed by atoms with Gasteiger partial charge in [0.15, 0.2) is 5.82 Å². The zero-order chi connectivity index (χ0) is 12.0. The number of hydrogen-bond donors (Lipinski definition) is 1. The first kappa shape index (κ1) is 12.8. The summed E-state index contributed by atoms with van der Waals surface area (Å²) < 4.78 is 5.36. The van der Waals surface area contributed by atoms with Gasteiger partial charge in [-0.25, -0.2) is 4.98 Å². The first-order chi connectivity index (χ1) is 7.71. The van der Waals surface area contributed by atoms with Crippen LogP contribution in [0, 0.1) is 0 Å². The Morgan fingerprint density at radius 2 is 1.94 bits per heavy atom. The number of rotatable bonds is 6. The molecule has 0 fully saturated rings. The molecule has 1 aromatic rings. The van der Waals surface area contributed by atoms with Crippen molar-refractivity contribution >= 4 is 5.95 Å². The lowest BCUT2D eigenvalue weighted by Crippen LogP contribution is -2.12. The molecule has 1 atom stereocenters. The van der Waals surface area contributed by atoms with Crippen molar-refractivity contribution in [3.05, 3.63) is 11.6 Å². The molecule has 90 valence electrons. The number of aryl methyl sites for hydroxylation is 1. The number of hydrogen-bond acceptors (Lipinski definition) is 5. The van der Waals surface area contributed by atoms with Crippen molar-refractivity contribution in [1.29, 1.82) is 0 Å². The van der Waals surface area contributed by atoms with Crippen molar-refractivity contribution in [3.63, 3.8) is 0 Å². The van der Waals surface area contributed by atoms with Gasteiger partial charge in [0, 0.05) is 13.5 Å². The van der Waals surface area contributed by atoms with Gasteiger partial charge in [-0.05, 0) is 12.8 Å². The summed E-state index contributed by atoms with van der Waals surface area (Å²) in [6, 6.07) is 0. The lowest BCUT2D eigenvalue weighted by atomic mass is 10.2. The Bertz CT molecular complexity index is 330. The van der Waals surface area contributed by atoms with Crippen LogP contribution in [-0.4, -0.2) is 22.1 Å². The van der Waals surface area contributed by atoms with E-state index in [-0.39, 0.29) is 12.1 Å². The molecule has 16 heavy (non-hydrogen) atoms. The average molecular weight is 224 g/mol. The van der Waals surface area contributed by atoms with E-state index in [0.29, 0.717) is 5.82 Å². The summed E-state index contributed by atoms with van der Waals surface area (Å²) in [4.78, 5) is 12.6. The SMILES string of the molecule is CCCc1nc(N)nc(C(CCC)OC)n1. The van der Waals surface area contributed by atoms with Gasteiger partial charge in [0.1, 0.15) is 11.9 Å². The van der Waals surface area contributed by atoms with Gasteiger partial charge in [0.05, 0.1) is 0 Å². The lowest BCUT2D eigenvalue weighted by Gasteiger charge is -2.13. The third kappa shape index (κ3) is 3.41. The van der Waals surface area contributed by atoms with Crippen LogP contribution < -0.4 is 5.73 Å². The zero-order valence-electron chi connectivity index (χ0n) is 10.2. The van der Waals surface area contributed by atoms with Crippen molar-refractivity contribution in [2.24, 2.45) is 0 Å². The molecule has 2 N–H and O–H groups in total. The number of ether oxygens (including phenoxy) is 1. The molecule has 0 saturated heterocycles. The van der Waals surface area contributed by atoms with Crippen LogP contribution in [0.5, 0.6) is 0 Å². The molecule has 0 aliphatic heterocycles. The number of methoxy groups -OCH3 is 1.